The van der Waals surface area contributed by atoms with Crippen LogP contribution in [0.1, 0.15) is 39.5 Å². The monoisotopic (exact) mass is 355 g/mol. The van der Waals surface area contributed by atoms with Crippen LogP contribution in [0.5, 0.6) is 5.75 Å². The molecule has 1 aliphatic rings. The van der Waals surface area contributed by atoms with Gasteiger partial charge in [-0.1, -0.05) is 12.1 Å². The van der Waals surface area contributed by atoms with Gasteiger partial charge in [0.2, 0.25) is 0 Å². The number of nitrogen functional groups attached to an aromatic ring is 1. The number of aromatic hydroxyl groups is 1. The van der Waals surface area contributed by atoms with Crippen LogP contribution in [0.3, 0.4) is 0 Å². The Morgan fingerprint density at radius 2 is 2.04 bits per heavy atom. The summed E-state index contributed by atoms with van der Waals surface area (Å²) in [7, 11) is 0. The molecule has 0 amide bonds. The lowest BCUT2D eigenvalue weighted by molar-refractivity contribution is 0.0459. The maximum atomic E-state index is 12.1. The normalized spacial score (nSPS) is 13.6. The van der Waals surface area contributed by atoms with E-state index in [0.29, 0.717) is 11.6 Å². The zero-order valence-electron chi connectivity index (χ0n) is 13.5. The van der Waals surface area contributed by atoms with Gasteiger partial charge in [-0.25, -0.2) is 14.8 Å². The average molecular weight is 355 g/mol. The second-order valence-corrected chi connectivity index (χ2v) is 7.09. The number of phenolic OH excluding ortho intramolecular Hbond substituents is 1. The maximum absolute atomic E-state index is 12.1. The number of rotatable bonds is 3. The molecule has 0 atom stereocenters. The van der Waals surface area contributed by atoms with E-state index in [-0.39, 0.29) is 17.9 Å². The van der Waals surface area contributed by atoms with E-state index >= 15 is 0 Å². The Kier molecular flexibility index (Phi) is 4.01. The lowest BCUT2D eigenvalue weighted by Gasteiger charge is -2.11. The summed E-state index contributed by atoms with van der Waals surface area (Å²) < 4.78 is 5.23. The molecule has 0 spiro atoms. The van der Waals surface area contributed by atoms with E-state index < -0.39 is 5.97 Å². The lowest BCUT2D eigenvalue weighted by atomic mass is 9.97. The topological polar surface area (TPSA) is 98.3 Å². The van der Waals surface area contributed by atoms with Crippen LogP contribution in [-0.2, 0) is 24.2 Å². The summed E-state index contributed by atoms with van der Waals surface area (Å²) in [5.74, 6) is 0.0746. The average Bonchev–Trinajstić information content (AvgIpc) is 2.99. The van der Waals surface area contributed by atoms with Gasteiger partial charge in [0.15, 0.2) is 12.4 Å². The number of ether oxygens (including phenoxy) is 1. The standard InChI is InChI=1S/C18H17N3O3S/c19-16-15-11-6-2-4-8-13(11)25-17(15)21-14(20-16)9-24-18(23)10-5-1-3-7-12(10)22/h1,3,5,7,22H,2,4,6,8-9H2,(H2,19,20,21). The maximum Gasteiger partial charge on any atom is 0.342 e. The molecule has 0 saturated carbocycles. The van der Waals surface area contributed by atoms with E-state index in [1.54, 1.807) is 23.5 Å². The number of thiophene rings is 1. The third-order valence-corrected chi connectivity index (χ3v) is 5.53. The summed E-state index contributed by atoms with van der Waals surface area (Å²) in [6.07, 6.45) is 4.44. The zero-order chi connectivity index (χ0) is 17.4. The van der Waals surface area contributed by atoms with Crippen molar-refractivity contribution < 1.29 is 14.6 Å². The van der Waals surface area contributed by atoms with Crippen molar-refractivity contribution in [1.82, 2.24) is 9.97 Å². The minimum Gasteiger partial charge on any atom is -0.507 e. The highest BCUT2D eigenvalue weighted by Crippen LogP contribution is 2.37. The van der Waals surface area contributed by atoms with E-state index in [2.05, 4.69) is 9.97 Å². The van der Waals surface area contributed by atoms with Gasteiger partial charge in [0, 0.05) is 4.88 Å². The van der Waals surface area contributed by atoms with Crippen molar-refractivity contribution in [1.29, 1.82) is 0 Å². The van der Waals surface area contributed by atoms with Gasteiger partial charge in [0.1, 0.15) is 22.0 Å². The van der Waals surface area contributed by atoms with Gasteiger partial charge in [0.25, 0.3) is 0 Å². The predicted molar refractivity (Wildman–Crippen MR) is 95.7 cm³/mol. The highest BCUT2D eigenvalue weighted by molar-refractivity contribution is 7.19. The number of nitrogens with two attached hydrogens (primary N) is 1. The molecule has 3 aromatic rings. The number of benzene rings is 1. The summed E-state index contributed by atoms with van der Waals surface area (Å²) in [4.78, 5) is 23.1. The van der Waals surface area contributed by atoms with Gasteiger partial charge in [-0.2, -0.15) is 0 Å². The summed E-state index contributed by atoms with van der Waals surface area (Å²) >= 11 is 1.65. The van der Waals surface area contributed by atoms with Crippen molar-refractivity contribution >= 4 is 33.3 Å². The van der Waals surface area contributed by atoms with Crippen molar-refractivity contribution in [2.75, 3.05) is 5.73 Å². The Labute approximate surface area is 148 Å². The molecule has 6 nitrogen and oxygen atoms in total. The number of para-hydroxylation sites is 1. The number of nitrogens with zero attached hydrogens (tertiary/aromatic N) is 2. The highest BCUT2D eigenvalue weighted by atomic mass is 32.1. The molecule has 0 saturated heterocycles. The minimum absolute atomic E-state index is 0.0874. The van der Waals surface area contributed by atoms with E-state index in [1.165, 1.54) is 29.0 Å². The van der Waals surface area contributed by atoms with Crippen molar-refractivity contribution in [2.45, 2.75) is 32.3 Å². The number of carbonyl (C=O) groups excluding carboxylic acids is 1. The third kappa shape index (κ3) is 2.91. The van der Waals surface area contributed by atoms with Gasteiger partial charge in [-0.15, -0.1) is 11.3 Å². The molecule has 0 bridgehead atoms. The van der Waals surface area contributed by atoms with Crippen molar-refractivity contribution in [3.05, 3.63) is 46.1 Å². The molecule has 0 radical (unpaired) electrons. The Hall–Kier alpha value is -2.67. The molecule has 0 unspecified atom stereocenters. The largest absolute Gasteiger partial charge is 0.507 e. The van der Waals surface area contributed by atoms with Crippen LogP contribution in [0.4, 0.5) is 5.82 Å². The van der Waals surface area contributed by atoms with Gasteiger partial charge in [-0.3, -0.25) is 0 Å². The number of fused-ring (bicyclic) bond motifs is 3. The van der Waals surface area contributed by atoms with Crippen LogP contribution in [0.25, 0.3) is 10.2 Å². The third-order valence-electron chi connectivity index (χ3n) is 4.35. The van der Waals surface area contributed by atoms with Crippen LogP contribution in [0, 0.1) is 0 Å². The number of hydrogen-bond donors (Lipinski definition) is 2. The molecule has 25 heavy (non-hydrogen) atoms. The van der Waals surface area contributed by atoms with E-state index in [1.807, 2.05) is 0 Å². The second-order valence-electron chi connectivity index (χ2n) is 6.01. The fourth-order valence-electron chi connectivity index (χ4n) is 3.15. The molecule has 7 heteroatoms. The SMILES string of the molecule is Nc1nc(COC(=O)c2ccccc2O)nc2sc3c(c12)CCCC3. The summed E-state index contributed by atoms with van der Waals surface area (Å²) in [5.41, 5.74) is 7.54. The zero-order valence-corrected chi connectivity index (χ0v) is 14.3. The van der Waals surface area contributed by atoms with Crippen LogP contribution in [-0.4, -0.2) is 21.0 Å². The molecule has 2 aromatic heterocycles. The predicted octanol–water partition coefficient (Wildman–Crippen LogP) is 3.21. The van der Waals surface area contributed by atoms with Crippen LogP contribution in [0.15, 0.2) is 24.3 Å². The minimum atomic E-state index is -0.620. The molecule has 1 aliphatic carbocycles. The molecule has 4 rings (SSSR count). The smallest absolute Gasteiger partial charge is 0.342 e. The number of aromatic nitrogens is 2. The quantitative estimate of drug-likeness (QED) is 0.700. The summed E-state index contributed by atoms with van der Waals surface area (Å²) in [6.45, 7) is -0.0874. The number of phenols is 1. The first-order valence-electron chi connectivity index (χ1n) is 8.15. The number of anilines is 1. The van der Waals surface area contributed by atoms with Crippen LogP contribution < -0.4 is 5.73 Å². The first kappa shape index (κ1) is 15.8. The van der Waals surface area contributed by atoms with E-state index in [0.717, 1.165) is 29.5 Å². The summed E-state index contributed by atoms with van der Waals surface area (Å²) in [6, 6.07) is 6.24. The Morgan fingerprint density at radius 3 is 2.88 bits per heavy atom. The number of carbonyl (C=O) groups is 1. The molecular formula is C18H17N3O3S. The second kappa shape index (κ2) is 6.33. The molecule has 2 heterocycles. The fourth-order valence-corrected chi connectivity index (χ4v) is 4.44. The molecule has 0 fully saturated rings. The van der Waals surface area contributed by atoms with E-state index in [9.17, 15) is 9.90 Å². The molecule has 3 N–H and O–H groups in total. The Bertz CT molecular complexity index is 968. The molecule has 128 valence electrons. The number of aryl methyl sites for hydroxylation is 2. The van der Waals surface area contributed by atoms with Crippen LogP contribution >= 0.6 is 11.3 Å². The number of esters is 1. The lowest BCUT2D eigenvalue weighted by Crippen LogP contribution is -2.09. The van der Waals surface area contributed by atoms with Crippen molar-refractivity contribution in [2.24, 2.45) is 0 Å². The first-order chi connectivity index (χ1) is 12.1. The molecule has 1 aromatic carbocycles. The van der Waals surface area contributed by atoms with Crippen LogP contribution in [0.2, 0.25) is 0 Å². The van der Waals surface area contributed by atoms with E-state index in [4.69, 9.17) is 10.5 Å². The fraction of sp³-hybridized carbons (Fsp3) is 0.278. The Morgan fingerprint density at radius 1 is 1.24 bits per heavy atom. The van der Waals surface area contributed by atoms with Crippen molar-refractivity contribution in [3.63, 3.8) is 0 Å². The first-order valence-corrected chi connectivity index (χ1v) is 8.97. The van der Waals surface area contributed by atoms with Gasteiger partial charge >= 0.3 is 5.97 Å². The highest BCUT2D eigenvalue weighted by Gasteiger charge is 2.20. The van der Waals surface area contributed by atoms with Crippen molar-refractivity contribution in [3.8, 4) is 5.75 Å². The summed E-state index contributed by atoms with van der Waals surface area (Å²) in [5, 5.41) is 10.7. The van der Waals surface area contributed by atoms with Gasteiger partial charge in [-0.05, 0) is 43.4 Å². The number of hydrogen-bond acceptors (Lipinski definition) is 7. The van der Waals surface area contributed by atoms with Gasteiger partial charge < -0.3 is 15.6 Å². The Balaban J connectivity index is 1.58. The van der Waals surface area contributed by atoms with Gasteiger partial charge in [0.05, 0.1) is 5.39 Å². The molecule has 0 aliphatic heterocycles. The molecular weight excluding hydrogens is 338 g/mol.